The van der Waals surface area contributed by atoms with Gasteiger partial charge in [-0.3, -0.25) is 13.9 Å². The molecule has 0 bridgehead atoms. The van der Waals surface area contributed by atoms with Gasteiger partial charge in [0.25, 0.3) is 10.0 Å². The fourth-order valence-corrected chi connectivity index (χ4v) is 5.26. The second-order valence-electron chi connectivity index (χ2n) is 8.38. The number of rotatable bonds is 11. The second kappa shape index (κ2) is 12.7. The van der Waals surface area contributed by atoms with Crippen LogP contribution >= 0.6 is 11.6 Å². The van der Waals surface area contributed by atoms with E-state index in [1.54, 1.807) is 61.5 Å². The van der Waals surface area contributed by atoms with Crippen LogP contribution in [-0.2, 0) is 26.2 Å². The Kier molecular flexibility index (Phi) is 9.66. The van der Waals surface area contributed by atoms with E-state index in [0.29, 0.717) is 23.6 Å². The topological polar surface area (TPSA) is 86.8 Å². The van der Waals surface area contributed by atoms with Crippen molar-refractivity contribution in [2.45, 2.75) is 37.8 Å². The molecule has 1 atom stereocenters. The van der Waals surface area contributed by atoms with Crippen LogP contribution in [0.1, 0.15) is 25.8 Å². The summed E-state index contributed by atoms with van der Waals surface area (Å²) in [4.78, 5) is 27.7. The van der Waals surface area contributed by atoms with E-state index in [2.05, 4.69) is 5.32 Å². The van der Waals surface area contributed by atoms with E-state index in [9.17, 15) is 22.4 Å². The fourth-order valence-electron chi connectivity index (χ4n) is 3.65. The maximum atomic E-state index is 13.7. The van der Waals surface area contributed by atoms with Crippen molar-refractivity contribution in [1.82, 2.24) is 10.2 Å². The number of halogens is 2. The lowest BCUT2D eigenvalue weighted by Crippen LogP contribution is -2.51. The molecule has 0 saturated carbocycles. The molecule has 3 aromatic carbocycles. The number of sulfonamides is 1. The minimum Gasteiger partial charge on any atom is -0.354 e. The average Bonchev–Trinajstić information content (AvgIpc) is 2.90. The predicted molar refractivity (Wildman–Crippen MR) is 142 cm³/mol. The van der Waals surface area contributed by atoms with E-state index in [1.807, 2.05) is 6.92 Å². The summed E-state index contributed by atoms with van der Waals surface area (Å²) >= 11 is 6.33. The second-order valence-corrected chi connectivity index (χ2v) is 10.7. The van der Waals surface area contributed by atoms with Crippen LogP contribution in [0.15, 0.2) is 83.8 Å². The zero-order chi connectivity index (χ0) is 27.0. The molecule has 0 fully saturated rings. The molecule has 0 heterocycles. The Balaban J connectivity index is 2.00. The Hall–Kier alpha value is -3.43. The fraction of sp³-hybridized carbons (Fsp3) is 0.259. The molecule has 0 saturated heterocycles. The normalized spacial score (nSPS) is 12.0. The molecule has 7 nitrogen and oxygen atoms in total. The highest BCUT2D eigenvalue weighted by Crippen LogP contribution is 2.25. The molecule has 1 N–H and O–H groups in total. The van der Waals surface area contributed by atoms with Gasteiger partial charge in [-0.2, -0.15) is 0 Å². The SMILES string of the molecule is CCCNC(=O)[C@H](C)N(Cc1ccccc1Cl)C(=O)CN(c1ccccc1)S(=O)(=O)c1ccc(F)cc1. The standard InChI is InChI=1S/C27H29ClFN3O4S/c1-3-17-30-27(34)20(2)31(18-21-9-7-8-12-25(21)28)26(33)19-32(23-10-5-4-6-11-23)37(35,36)24-15-13-22(29)14-16-24/h4-16,20H,3,17-19H2,1-2H3,(H,30,34)/t20-/m0/s1. The van der Waals surface area contributed by atoms with Crippen LogP contribution < -0.4 is 9.62 Å². The molecule has 3 rings (SSSR count). The molecule has 0 radical (unpaired) electrons. The van der Waals surface area contributed by atoms with Gasteiger partial charge < -0.3 is 10.2 Å². The van der Waals surface area contributed by atoms with Crippen molar-refractivity contribution in [3.8, 4) is 0 Å². The van der Waals surface area contributed by atoms with Crippen LogP contribution in [0.4, 0.5) is 10.1 Å². The molecule has 0 aliphatic carbocycles. The monoisotopic (exact) mass is 545 g/mol. The van der Waals surface area contributed by atoms with E-state index >= 15 is 0 Å². The van der Waals surface area contributed by atoms with Crippen LogP contribution in [0, 0.1) is 5.82 Å². The summed E-state index contributed by atoms with van der Waals surface area (Å²) in [5.74, 6) is -1.55. The quantitative estimate of drug-likeness (QED) is 0.381. The van der Waals surface area contributed by atoms with Crippen LogP contribution in [0.5, 0.6) is 0 Å². The maximum Gasteiger partial charge on any atom is 0.264 e. The zero-order valence-electron chi connectivity index (χ0n) is 20.6. The van der Waals surface area contributed by atoms with Crippen LogP contribution in [-0.4, -0.2) is 44.3 Å². The van der Waals surface area contributed by atoms with Crippen molar-refractivity contribution in [1.29, 1.82) is 0 Å². The highest BCUT2D eigenvalue weighted by Gasteiger charge is 2.32. The van der Waals surface area contributed by atoms with Crippen LogP contribution in [0.3, 0.4) is 0 Å². The first-order valence-corrected chi connectivity index (χ1v) is 13.6. The Morgan fingerprint density at radius 1 is 0.973 bits per heavy atom. The van der Waals surface area contributed by atoms with Gasteiger partial charge in [-0.05, 0) is 61.4 Å². The molecule has 0 unspecified atom stereocenters. The number of hydrogen-bond acceptors (Lipinski definition) is 4. The summed E-state index contributed by atoms with van der Waals surface area (Å²) in [7, 11) is -4.25. The lowest BCUT2D eigenvalue weighted by Gasteiger charge is -2.32. The third-order valence-corrected chi connectivity index (χ3v) is 7.90. The summed E-state index contributed by atoms with van der Waals surface area (Å²) in [6.07, 6.45) is 0.717. The molecular formula is C27H29ClFN3O4S. The molecule has 0 aliphatic heterocycles. The predicted octanol–water partition coefficient (Wildman–Crippen LogP) is 4.62. The Morgan fingerprint density at radius 2 is 1.59 bits per heavy atom. The molecule has 37 heavy (non-hydrogen) atoms. The first kappa shape index (κ1) is 28.1. The lowest BCUT2D eigenvalue weighted by atomic mass is 10.1. The minimum atomic E-state index is -4.25. The molecule has 0 spiro atoms. The van der Waals surface area contributed by atoms with Gasteiger partial charge in [0.15, 0.2) is 0 Å². The van der Waals surface area contributed by atoms with Gasteiger partial charge in [0.1, 0.15) is 18.4 Å². The van der Waals surface area contributed by atoms with Crippen LogP contribution in [0.2, 0.25) is 5.02 Å². The summed E-state index contributed by atoms with van der Waals surface area (Å²) in [5.41, 5.74) is 0.862. The zero-order valence-corrected chi connectivity index (χ0v) is 22.2. The van der Waals surface area contributed by atoms with Gasteiger partial charge in [-0.25, -0.2) is 12.8 Å². The van der Waals surface area contributed by atoms with E-state index in [4.69, 9.17) is 11.6 Å². The number of anilines is 1. The number of carbonyl (C=O) groups excluding carboxylic acids is 2. The molecule has 196 valence electrons. The van der Waals surface area contributed by atoms with Gasteiger partial charge in [-0.1, -0.05) is 54.9 Å². The van der Waals surface area contributed by atoms with E-state index in [1.165, 1.54) is 4.90 Å². The van der Waals surface area contributed by atoms with Gasteiger partial charge in [-0.15, -0.1) is 0 Å². The number of benzene rings is 3. The maximum absolute atomic E-state index is 13.7. The summed E-state index contributed by atoms with van der Waals surface area (Å²) in [6.45, 7) is 3.35. The smallest absolute Gasteiger partial charge is 0.264 e. The first-order chi connectivity index (χ1) is 17.6. The Bertz CT molecular complexity index is 1320. The average molecular weight is 546 g/mol. The first-order valence-electron chi connectivity index (χ1n) is 11.8. The van der Waals surface area contributed by atoms with Gasteiger partial charge in [0.2, 0.25) is 11.8 Å². The van der Waals surface area contributed by atoms with Crippen molar-refractivity contribution in [3.63, 3.8) is 0 Å². The number of amides is 2. The summed E-state index contributed by atoms with van der Waals surface area (Å²) in [5, 5.41) is 3.20. The third kappa shape index (κ3) is 7.08. The van der Waals surface area contributed by atoms with Crippen molar-refractivity contribution in [2.75, 3.05) is 17.4 Å². The van der Waals surface area contributed by atoms with E-state index in [-0.39, 0.29) is 23.0 Å². The molecule has 3 aromatic rings. The number of nitrogens with one attached hydrogen (secondary N) is 1. The summed E-state index contributed by atoms with van der Waals surface area (Å²) < 4.78 is 41.6. The minimum absolute atomic E-state index is 0.00154. The van der Waals surface area contributed by atoms with E-state index in [0.717, 1.165) is 28.6 Å². The van der Waals surface area contributed by atoms with E-state index < -0.39 is 34.3 Å². The highest BCUT2D eigenvalue weighted by molar-refractivity contribution is 7.92. The Morgan fingerprint density at radius 3 is 2.22 bits per heavy atom. The van der Waals surface area contributed by atoms with Crippen molar-refractivity contribution >= 4 is 39.1 Å². The number of carbonyl (C=O) groups is 2. The van der Waals surface area contributed by atoms with Gasteiger partial charge >= 0.3 is 0 Å². The molecule has 10 heteroatoms. The number of para-hydroxylation sites is 1. The van der Waals surface area contributed by atoms with Crippen molar-refractivity contribution < 1.29 is 22.4 Å². The third-order valence-electron chi connectivity index (χ3n) is 5.74. The number of nitrogens with zero attached hydrogens (tertiary/aromatic N) is 2. The Labute approximate surface area is 221 Å². The van der Waals surface area contributed by atoms with Gasteiger partial charge in [0, 0.05) is 18.1 Å². The highest BCUT2D eigenvalue weighted by atomic mass is 35.5. The molecular weight excluding hydrogens is 517 g/mol. The largest absolute Gasteiger partial charge is 0.354 e. The van der Waals surface area contributed by atoms with Crippen molar-refractivity contribution in [3.05, 3.63) is 95.3 Å². The van der Waals surface area contributed by atoms with Crippen molar-refractivity contribution in [2.24, 2.45) is 0 Å². The molecule has 2 amide bonds. The lowest BCUT2D eigenvalue weighted by molar-refractivity contribution is -0.139. The summed E-state index contributed by atoms with van der Waals surface area (Å²) in [6, 6.07) is 18.5. The molecule has 0 aromatic heterocycles. The molecule has 0 aliphatic rings. The van der Waals surface area contributed by atoms with Gasteiger partial charge in [0.05, 0.1) is 10.6 Å². The number of hydrogen-bond donors (Lipinski definition) is 1. The van der Waals surface area contributed by atoms with Crippen LogP contribution in [0.25, 0.3) is 0 Å².